The Hall–Kier alpha value is -1.26. The molecular weight excluding hydrogens is 244 g/mol. The first kappa shape index (κ1) is 14.2. The van der Waals surface area contributed by atoms with Gasteiger partial charge in [-0.3, -0.25) is 4.79 Å². The van der Waals surface area contributed by atoms with E-state index >= 15 is 0 Å². The van der Waals surface area contributed by atoms with Gasteiger partial charge in [-0.2, -0.15) is 0 Å². The maximum absolute atomic E-state index is 12.6. The molecule has 0 aromatic rings. The SMILES string of the molecule is CC(C)C(C)N(C)C(=O)N1C2CCC1C(C(=O)O)C2. The van der Waals surface area contributed by atoms with Crippen molar-refractivity contribution in [2.24, 2.45) is 11.8 Å². The van der Waals surface area contributed by atoms with Crippen molar-refractivity contribution < 1.29 is 14.7 Å². The molecule has 2 bridgehead atoms. The van der Waals surface area contributed by atoms with E-state index in [1.165, 1.54) is 0 Å². The first-order chi connectivity index (χ1) is 8.84. The van der Waals surface area contributed by atoms with Crippen LogP contribution >= 0.6 is 0 Å². The van der Waals surface area contributed by atoms with Gasteiger partial charge in [0.05, 0.1) is 5.92 Å². The number of carbonyl (C=O) groups excluding carboxylic acids is 1. The number of carbonyl (C=O) groups is 2. The molecule has 19 heavy (non-hydrogen) atoms. The molecule has 4 unspecified atom stereocenters. The molecule has 5 heteroatoms. The Kier molecular flexibility index (Phi) is 3.74. The Labute approximate surface area is 114 Å². The van der Waals surface area contributed by atoms with E-state index in [9.17, 15) is 14.7 Å². The highest BCUT2D eigenvalue weighted by Crippen LogP contribution is 2.42. The highest BCUT2D eigenvalue weighted by Gasteiger charge is 2.52. The van der Waals surface area contributed by atoms with E-state index in [0.29, 0.717) is 12.3 Å². The zero-order valence-electron chi connectivity index (χ0n) is 12.2. The van der Waals surface area contributed by atoms with Gasteiger partial charge in [-0.1, -0.05) is 13.8 Å². The first-order valence-corrected chi connectivity index (χ1v) is 7.12. The third-order valence-corrected chi connectivity index (χ3v) is 4.95. The summed E-state index contributed by atoms with van der Waals surface area (Å²) in [6, 6.07) is 0.186. The van der Waals surface area contributed by atoms with Crippen molar-refractivity contribution in [3.05, 3.63) is 0 Å². The molecule has 108 valence electrons. The van der Waals surface area contributed by atoms with Gasteiger partial charge in [0.1, 0.15) is 0 Å². The maximum atomic E-state index is 12.6. The van der Waals surface area contributed by atoms with E-state index < -0.39 is 5.97 Å². The number of fused-ring (bicyclic) bond motifs is 2. The van der Waals surface area contributed by atoms with Crippen molar-refractivity contribution in [2.45, 2.75) is 58.2 Å². The first-order valence-electron chi connectivity index (χ1n) is 7.12. The lowest BCUT2D eigenvalue weighted by atomic mass is 9.89. The van der Waals surface area contributed by atoms with Crippen LogP contribution in [0.3, 0.4) is 0 Å². The third kappa shape index (κ3) is 2.30. The Morgan fingerprint density at radius 1 is 1.26 bits per heavy atom. The molecule has 1 N–H and O–H groups in total. The van der Waals surface area contributed by atoms with Gasteiger partial charge in [-0.05, 0) is 32.1 Å². The minimum atomic E-state index is -0.760. The highest BCUT2D eigenvalue weighted by molar-refractivity contribution is 5.79. The van der Waals surface area contributed by atoms with E-state index in [0.717, 1.165) is 12.8 Å². The van der Waals surface area contributed by atoms with Gasteiger partial charge in [0.25, 0.3) is 0 Å². The summed E-state index contributed by atoms with van der Waals surface area (Å²) in [5.41, 5.74) is 0. The molecule has 0 spiro atoms. The summed E-state index contributed by atoms with van der Waals surface area (Å²) in [6.45, 7) is 6.22. The van der Waals surface area contributed by atoms with Crippen molar-refractivity contribution in [1.29, 1.82) is 0 Å². The van der Waals surface area contributed by atoms with Crippen molar-refractivity contribution in [3.8, 4) is 0 Å². The molecule has 2 fully saturated rings. The fraction of sp³-hybridized carbons (Fsp3) is 0.857. The molecule has 0 aliphatic carbocycles. The second-order valence-corrected chi connectivity index (χ2v) is 6.26. The van der Waals surface area contributed by atoms with Crippen LogP contribution in [0.1, 0.15) is 40.0 Å². The number of carboxylic acids is 1. The minimum absolute atomic E-state index is 0.00236. The molecule has 2 aliphatic heterocycles. The molecule has 2 amide bonds. The van der Waals surface area contributed by atoms with Crippen LogP contribution in [0.25, 0.3) is 0 Å². The largest absolute Gasteiger partial charge is 0.481 e. The number of rotatable bonds is 3. The smallest absolute Gasteiger partial charge is 0.320 e. The summed E-state index contributed by atoms with van der Waals surface area (Å²) < 4.78 is 0. The highest BCUT2D eigenvalue weighted by atomic mass is 16.4. The van der Waals surface area contributed by atoms with Crippen LogP contribution in [-0.2, 0) is 4.79 Å². The van der Waals surface area contributed by atoms with E-state index in [4.69, 9.17) is 0 Å². The average Bonchev–Trinajstić information content (AvgIpc) is 2.93. The number of nitrogens with zero attached hydrogens (tertiary/aromatic N) is 2. The fourth-order valence-electron chi connectivity index (χ4n) is 3.36. The van der Waals surface area contributed by atoms with Crippen LogP contribution < -0.4 is 0 Å². The quantitative estimate of drug-likeness (QED) is 0.852. The van der Waals surface area contributed by atoms with Gasteiger partial charge in [-0.15, -0.1) is 0 Å². The predicted octanol–water partition coefficient (Wildman–Crippen LogP) is 2.02. The zero-order valence-corrected chi connectivity index (χ0v) is 12.2. The van der Waals surface area contributed by atoms with Crippen LogP contribution in [0.5, 0.6) is 0 Å². The normalized spacial score (nSPS) is 30.8. The molecular formula is C14H24N2O3. The van der Waals surface area contributed by atoms with Gasteiger partial charge in [-0.25, -0.2) is 4.79 Å². The number of carboxylic acid groups (broad SMARTS) is 1. The Balaban J connectivity index is 2.11. The predicted molar refractivity (Wildman–Crippen MR) is 71.9 cm³/mol. The van der Waals surface area contributed by atoms with Crippen molar-refractivity contribution in [3.63, 3.8) is 0 Å². The number of hydrogen-bond donors (Lipinski definition) is 1. The molecule has 0 saturated carbocycles. The number of amides is 2. The van der Waals surface area contributed by atoms with Crippen LogP contribution in [0.4, 0.5) is 4.79 Å². The molecule has 0 aromatic carbocycles. The molecule has 2 saturated heterocycles. The molecule has 5 nitrogen and oxygen atoms in total. The molecule has 2 heterocycles. The third-order valence-electron chi connectivity index (χ3n) is 4.95. The van der Waals surface area contributed by atoms with Crippen LogP contribution in [0.2, 0.25) is 0 Å². The van der Waals surface area contributed by atoms with E-state index in [1.54, 1.807) is 4.90 Å². The Morgan fingerprint density at radius 2 is 1.89 bits per heavy atom. The molecule has 2 rings (SSSR count). The monoisotopic (exact) mass is 268 g/mol. The van der Waals surface area contributed by atoms with Gasteiger partial charge in [0, 0.05) is 25.2 Å². The number of hydrogen-bond acceptors (Lipinski definition) is 2. The summed E-state index contributed by atoms with van der Waals surface area (Å²) in [5.74, 6) is -0.737. The molecule has 0 aromatic heterocycles. The fourth-order valence-corrected chi connectivity index (χ4v) is 3.36. The van der Waals surface area contributed by atoms with E-state index in [-0.39, 0.29) is 30.1 Å². The van der Waals surface area contributed by atoms with Crippen LogP contribution in [-0.4, -0.2) is 52.1 Å². The van der Waals surface area contributed by atoms with Gasteiger partial charge in [0.15, 0.2) is 0 Å². The summed E-state index contributed by atoms with van der Waals surface area (Å²) >= 11 is 0. The summed E-state index contributed by atoms with van der Waals surface area (Å²) in [4.78, 5) is 27.4. The molecule has 2 aliphatic rings. The van der Waals surface area contributed by atoms with Crippen molar-refractivity contribution >= 4 is 12.0 Å². The molecule has 0 radical (unpaired) electrons. The lowest BCUT2D eigenvalue weighted by Crippen LogP contribution is -2.49. The van der Waals surface area contributed by atoms with Crippen molar-refractivity contribution in [1.82, 2.24) is 9.80 Å². The lowest BCUT2D eigenvalue weighted by molar-refractivity contribution is -0.142. The summed E-state index contributed by atoms with van der Waals surface area (Å²) in [7, 11) is 1.82. The minimum Gasteiger partial charge on any atom is -0.481 e. The summed E-state index contributed by atoms with van der Waals surface area (Å²) in [6.07, 6.45) is 2.40. The number of urea groups is 1. The Morgan fingerprint density at radius 3 is 2.37 bits per heavy atom. The Bertz CT molecular complexity index is 383. The number of aliphatic carboxylic acids is 1. The average molecular weight is 268 g/mol. The second-order valence-electron chi connectivity index (χ2n) is 6.26. The molecule has 4 atom stereocenters. The zero-order chi connectivity index (χ0) is 14.3. The summed E-state index contributed by atoms with van der Waals surface area (Å²) in [5, 5.41) is 9.22. The van der Waals surface area contributed by atoms with E-state index in [2.05, 4.69) is 13.8 Å². The van der Waals surface area contributed by atoms with Crippen LogP contribution in [0.15, 0.2) is 0 Å². The topological polar surface area (TPSA) is 60.9 Å². The second kappa shape index (κ2) is 5.02. The maximum Gasteiger partial charge on any atom is 0.320 e. The van der Waals surface area contributed by atoms with Crippen molar-refractivity contribution in [2.75, 3.05) is 7.05 Å². The van der Waals surface area contributed by atoms with Gasteiger partial charge >= 0.3 is 12.0 Å². The van der Waals surface area contributed by atoms with Crippen LogP contribution in [0, 0.1) is 11.8 Å². The van der Waals surface area contributed by atoms with E-state index in [1.807, 2.05) is 18.9 Å². The van der Waals surface area contributed by atoms with Gasteiger partial charge in [0.2, 0.25) is 0 Å². The standard InChI is InChI=1S/C14H24N2O3/c1-8(2)9(3)15(4)14(19)16-10-5-6-12(16)11(7-10)13(17)18/h8-12H,5-7H2,1-4H3,(H,17,18). The lowest BCUT2D eigenvalue weighted by Gasteiger charge is -2.34. The van der Waals surface area contributed by atoms with Gasteiger partial charge < -0.3 is 14.9 Å².